The van der Waals surface area contributed by atoms with Gasteiger partial charge in [-0.3, -0.25) is 5.32 Å². The van der Waals surface area contributed by atoms with Gasteiger partial charge in [0, 0.05) is 6.54 Å². The van der Waals surface area contributed by atoms with Crippen LogP contribution >= 0.6 is 23.2 Å². The molecule has 0 spiro atoms. The Morgan fingerprint density at radius 2 is 2.17 bits per heavy atom. The highest BCUT2D eigenvalue weighted by Gasteiger charge is 2.35. The Labute approximate surface area is 117 Å². The summed E-state index contributed by atoms with van der Waals surface area (Å²) in [6.45, 7) is 5.80. The number of carbonyl (C=O) groups excluding carboxylic acids is 1. The summed E-state index contributed by atoms with van der Waals surface area (Å²) in [6.07, 6.45) is 1.67. The lowest BCUT2D eigenvalue weighted by Gasteiger charge is -2.28. The molecule has 0 amide bonds. The van der Waals surface area contributed by atoms with Crippen LogP contribution in [0.4, 0.5) is 0 Å². The largest absolute Gasteiger partial charge is 0.467 e. The minimum atomic E-state index is -0.989. The second kappa shape index (κ2) is 6.23. The Kier molecular flexibility index (Phi) is 5.20. The van der Waals surface area contributed by atoms with Gasteiger partial charge in [-0.25, -0.2) is 4.79 Å². The highest BCUT2D eigenvalue weighted by atomic mass is 35.5. The van der Waals surface area contributed by atoms with E-state index in [2.05, 4.69) is 11.9 Å². The van der Waals surface area contributed by atoms with Crippen molar-refractivity contribution in [1.82, 2.24) is 5.32 Å². The molecule has 18 heavy (non-hydrogen) atoms. The van der Waals surface area contributed by atoms with Gasteiger partial charge in [-0.05, 0) is 24.6 Å². The van der Waals surface area contributed by atoms with Crippen LogP contribution < -0.4 is 5.32 Å². The molecule has 0 radical (unpaired) electrons. The summed E-state index contributed by atoms with van der Waals surface area (Å²) in [7, 11) is 1.34. The molecule has 98 valence electrons. The average Bonchev–Trinajstić information content (AvgIpc) is 2.38. The Balaban J connectivity index is 3.20. The molecule has 1 aromatic rings. The number of halogens is 2. The van der Waals surface area contributed by atoms with E-state index in [1.807, 2.05) is 0 Å². The maximum Gasteiger partial charge on any atom is 0.330 e. The molecule has 0 aliphatic carbocycles. The predicted molar refractivity (Wildman–Crippen MR) is 74.0 cm³/mol. The average molecular weight is 288 g/mol. The number of carbonyl (C=O) groups is 1. The van der Waals surface area contributed by atoms with E-state index in [9.17, 15) is 4.79 Å². The van der Waals surface area contributed by atoms with Crippen molar-refractivity contribution >= 4 is 29.2 Å². The number of rotatable bonds is 5. The molecule has 0 aromatic heterocycles. The molecule has 1 N–H and O–H groups in total. The summed E-state index contributed by atoms with van der Waals surface area (Å²) >= 11 is 11.8. The van der Waals surface area contributed by atoms with Gasteiger partial charge in [0.15, 0.2) is 0 Å². The summed E-state index contributed by atoms with van der Waals surface area (Å²) in [5.41, 5.74) is -0.303. The van der Waals surface area contributed by atoms with Gasteiger partial charge in [0.2, 0.25) is 0 Å². The lowest BCUT2D eigenvalue weighted by Crippen LogP contribution is -2.47. The van der Waals surface area contributed by atoms with E-state index in [1.54, 1.807) is 31.2 Å². The van der Waals surface area contributed by atoms with E-state index in [4.69, 9.17) is 27.9 Å². The van der Waals surface area contributed by atoms with Gasteiger partial charge in [-0.1, -0.05) is 35.3 Å². The molecule has 5 heteroatoms. The van der Waals surface area contributed by atoms with Crippen LogP contribution in [-0.4, -0.2) is 19.6 Å². The van der Waals surface area contributed by atoms with Gasteiger partial charge in [0.05, 0.1) is 17.2 Å². The summed E-state index contributed by atoms with van der Waals surface area (Å²) in [6, 6.07) is 5.04. The molecule has 1 aromatic carbocycles. The van der Waals surface area contributed by atoms with E-state index in [0.717, 1.165) is 0 Å². The molecular formula is C13H15Cl2NO2. The van der Waals surface area contributed by atoms with Crippen molar-refractivity contribution in [2.45, 2.75) is 12.5 Å². The third kappa shape index (κ3) is 3.05. The van der Waals surface area contributed by atoms with E-state index in [0.29, 0.717) is 22.2 Å². The predicted octanol–water partition coefficient (Wildman–Crippen LogP) is 3.16. The van der Waals surface area contributed by atoms with Crippen LogP contribution in [0.5, 0.6) is 0 Å². The minimum Gasteiger partial charge on any atom is -0.467 e. The zero-order valence-electron chi connectivity index (χ0n) is 10.3. The fourth-order valence-corrected chi connectivity index (χ4v) is 1.88. The smallest absolute Gasteiger partial charge is 0.330 e. The topological polar surface area (TPSA) is 38.3 Å². The lowest BCUT2D eigenvalue weighted by atomic mass is 9.92. The first-order valence-corrected chi connectivity index (χ1v) is 6.11. The summed E-state index contributed by atoms with van der Waals surface area (Å²) < 4.78 is 4.83. The molecule has 0 aliphatic heterocycles. The Morgan fingerprint density at radius 3 is 2.67 bits per heavy atom. The van der Waals surface area contributed by atoms with Crippen LogP contribution in [0.25, 0.3) is 0 Å². The number of nitrogens with one attached hydrogen (secondary N) is 1. The first kappa shape index (κ1) is 15.0. The lowest BCUT2D eigenvalue weighted by molar-refractivity contribution is -0.148. The fraction of sp³-hybridized carbons (Fsp3) is 0.308. The summed E-state index contributed by atoms with van der Waals surface area (Å²) in [4.78, 5) is 11.9. The van der Waals surface area contributed by atoms with Crippen molar-refractivity contribution in [3.8, 4) is 0 Å². The van der Waals surface area contributed by atoms with Crippen molar-refractivity contribution < 1.29 is 9.53 Å². The van der Waals surface area contributed by atoms with Crippen molar-refractivity contribution in [2.24, 2.45) is 0 Å². The second-order valence-electron chi connectivity index (χ2n) is 3.92. The van der Waals surface area contributed by atoms with Crippen molar-refractivity contribution in [2.75, 3.05) is 13.7 Å². The first-order valence-electron chi connectivity index (χ1n) is 5.35. The van der Waals surface area contributed by atoms with Gasteiger partial charge in [-0.15, -0.1) is 6.58 Å². The molecule has 0 heterocycles. The SMILES string of the molecule is C=CCNC(C)(C(=O)OC)c1ccc(Cl)c(Cl)c1. The first-order chi connectivity index (χ1) is 8.45. The fourth-order valence-electron chi connectivity index (χ4n) is 1.58. The molecular weight excluding hydrogens is 273 g/mol. The summed E-state index contributed by atoms with van der Waals surface area (Å²) in [5.74, 6) is -0.400. The zero-order valence-corrected chi connectivity index (χ0v) is 11.8. The second-order valence-corrected chi connectivity index (χ2v) is 4.73. The number of ether oxygens (including phenoxy) is 1. The highest BCUT2D eigenvalue weighted by molar-refractivity contribution is 6.42. The third-order valence-electron chi connectivity index (χ3n) is 2.69. The van der Waals surface area contributed by atoms with E-state index in [-0.39, 0.29) is 0 Å². The van der Waals surface area contributed by atoms with Crippen LogP contribution in [0.1, 0.15) is 12.5 Å². The number of hydrogen-bond donors (Lipinski definition) is 1. The van der Waals surface area contributed by atoms with Gasteiger partial charge < -0.3 is 4.74 Å². The van der Waals surface area contributed by atoms with E-state index < -0.39 is 11.5 Å². The molecule has 0 saturated carbocycles. The molecule has 0 saturated heterocycles. The maximum absolute atomic E-state index is 11.9. The maximum atomic E-state index is 11.9. The van der Waals surface area contributed by atoms with Crippen LogP contribution in [-0.2, 0) is 15.1 Å². The number of methoxy groups -OCH3 is 1. The zero-order chi connectivity index (χ0) is 13.8. The summed E-state index contributed by atoms with van der Waals surface area (Å²) in [5, 5.41) is 3.90. The third-order valence-corrected chi connectivity index (χ3v) is 3.43. The van der Waals surface area contributed by atoms with Crippen molar-refractivity contribution in [1.29, 1.82) is 0 Å². The van der Waals surface area contributed by atoms with Crippen LogP contribution in [0.3, 0.4) is 0 Å². The van der Waals surface area contributed by atoms with Gasteiger partial charge >= 0.3 is 5.97 Å². The Bertz CT molecular complexity index is 462. The highest BCUT2D eigenvalue weighted by Crippen LogP contribution is 2.29. The van der Waals surface area contributed by atoms with Crippen LogP contribution in [0.2, 0.25) is 10.0 Å². The Morgan fingerprint density at radius 1 is 1.50 bits per heavy atom. The molecule has 1 atom stereocenters. The quantitative estimate of drug-likeness (QED) is 0.668. The number of benzene rings is 1. The molecule has 0 fully saturated rings. The van der Waals surface area contributed by atoms with Crippen LogP contribution in [0, 0.1) is 0 Å². The molecule has 1 rings (SSSR count). The minimum absolute atomic E-state index is 0.393. The standard InChI is InChI=1S/C13H15Cl2NO2/c1-4-7-16-13(2,12(17)18-3)9-5-6-10(14)11(15)8-9/h4-6,8,16H,1,7H2,2-3H3. The van der Waals surface area contributed by atoms with E-state index in [1.165, 1.54) is 7.11 Å². The monoisotopic (exact) mass is 287 g/mol. The van der Waals surface area contributed by atoms with Crippen LogP contribution in [0.15, 0.2) is 30.9 Å². The molecule has 0 bridgehead atoms. The molecule has 3 nitrogen and oxygen atoms in total. The van der Waals surface area contributed by atoms with Crippen molar-refractivity contribution in [3.05, 3.63) is 46.5 Å². The van der Waals surface area contributed by atoms with E-state index >= 15 is 0 Å². The normalized spacial score (nSPS) is 13.8. The number of hydrogen-bond acceptors (Lipinski definition) is 3. The molecule has 0 aliphatic rings. The van der Waals surface area contributed by atoms with Gasteiger partial charge in [-0.2, -0.15) is 0 Å². The van der Waals surface area contributed by atoms with Crippen molar-refractivity contribution in [3.63, 3.8) is 0 Å². The molecule has 1 unspecified atom stereocenters. The number of esters is 1. The van der Waals surface area contributed by atoms with Gasteiger partial charge in [0.1, 0.15) is 5.54 Å². The Hall–Kier alpha value is -1.03. The van der Waals surface area contributed by atoms with Gasteiger partial charge in [0.25, 0.3) is 0 Å².